The molecule has 0 saturated carbocycles. The van der Waals surface area contributed by atoms with Crippen LogP contribution < -0.4 is 5.32 Å². The molecule has 3 heterocycles. The summed E-state index contributed by atoms with van der Waals surface area (Å²) in [6.45, 7) is 11.0. The van der Waals surface area contributed by atoms with Gasteiger partial charge in [0.15, 0.2) is 0 Å². The van der Waals surface area contributed by atoms with E-state index < -0.39 is 0 Å². The molecular formula is C45H40N2O2. The normalized spacial score (nSPS) is 12.7. The number of furan rings is 2. The summed E-state index contributed by atoms with van der Waals surface area (Å²) in [7, 11) is 0. The monoisotopic (exact) mass is 640 g/mol. The summed E-state index contributed by atoms with van der Waals surface area (Å²) < 4.78 is 14.9. The first-order chi connectivity index (χ1) is 23.7. The molecule has 0 aliphatic carbocycles. The van der Waals surface area contributed by atoms with E-state index in [9.17, 15) is 0 Å². The predicted octanol–water partition coefficient (Wildman–Crippen LogP) is 12.7. The van der Waals surface area contributed by atoms with Crippen LogP contribution in [0.4, 0.5) is 5.69 Å². The van der Waals surface area contributed by atoms with Gasteiger partial charge in [-0.15, -0.1) is 0 Å². The molecule has 0 aliphatic rings. The Morgan fingerprint density at radius 3 is 2.02 bits per heavy atom. The van der Waals surface area contributed by atoms with Gasteiger partial charge in [-0.2, -0.15) is 0 Å². The molecule has 1 N–H and O–H groups in total. The maximum Gasteiger partial charge on any atom is 0.135 e. The number of rotatable bonds is 7. The smallest absolute Gasteiger partial charge is 0.135 e. The van der Waals surface area contributed by atoms with Crippen LogP contribution in [-0.4, -0.2) is 4.57 Å². The zero-order valence-corrected chi connectivity index (χ0v) is 28.7. The molecular weight excluding hydrogens is 601 g/mol. The molecule has 0 radical (unpaired) electrons. The van der Waals surface area contributed by atoms with Crippen LogP contribution >= 0.6 is 0 Å². The summed E-state index contributed by atoms with van der Waals surface area (Å²) in [5.41, 5.74) is 11.1. The van der Waals surface area contributed by atoms with Gasteiger partial charge < -0.3 is 18.7 Å². The second kappa shape index (κ2) is 12.1. The average Bonchev–Trinajstić information content (AvgIpc) is 3.73. The zero-order valence-electron chi connectivity index (χ0n) is 28.7. The van der Waals surface area contributed by atoms with Crippen LogP contribution in [0.3, 0.4) is 0 Å². The molecule has 0 aliphatic heterocycles. The van der Waals surface area contributed by atoms with Crippen molar-refractivity contribution in [2.45, 2.75) is 46.6 Å². The molecule has 0 unspecified atom stereocenters. The van der Waals surface area contributed by atoms with E-state index in [1.54, 1.807) is 0 Å². The molecule has 0 amide bonds. The fourth-order valence-corrected chi connectivity index (χ4v) is 7.16. The minimum Gasteiger partial charge on any atom is -0.456 e. The second-order valence-corrected chi connectivity index (χ2v) is 13.9. The lowest BCUT2D eigenvalue weighted by molar-refractivity contribution is 0.423. The van der Waals surface area contributed by atoms with E-state index >= 15 is 0 Å². The molecule has 4 nitrogen and oxygen atoms in total. The predicted molar refractivity (Wildman–Crippen MR) is 207 cm³/mol. The van der Waals surface area contributed by atoms with E-state index in [2.05, 4.69) is 148 Å². The van der Waals surface area contributed by atoms with Crippen molar-refractivity contribution < 1.29 is 8.83 Å². The SMILES string of the molecule is C/C(=C/c1oc2ccccc2c1C/C=C\c1oc2ccccc2c1C)Nc1ccc(-c2ccc3c(c2)c2ccccc2n3C(C)(C)C)cc1. The van der Waals surface area contributed by atoms with Crippen molar-refractivity contribution in [1.29, 1.82) is 0 Å². The van der Waals surface area contributed by atoms with Gasteiger partial charge in [0.05, 0.1) is 0 Å². The zero-order chi connectivity index (χ0) is 33.7. The van der Waals surface area contributed by atoms with Crippen LogP contribution in [-0.2, 0) is 12.0 Å². The Kier molecular flexibility index (Phi) is 7.52. The van der Waals surface area contributed by atoms with Crippen molar-refractivity contribution in [2.24, 2.45) is 0 Å². The number of nitrogens with zero attached hydrogens (tertiary/aromatic N) is 1. The third-order valence-electron chi connectivity index (χ3n) is 9.45. The van der Waals surface area contributed by atoms with Crippen molar-refractivity contribution in [3.05, 3.63) is 150 Å². The summed E-state index contributed by atoms with van der Waals surface area (Å²) in [6, 6.07) is 40.7. The van der Waals surface area contributed by atoms with Crippen LogP contribution in [0.1, 0.15) is 50.3 Å². The number of nitrogens with one attached hydrogen (secondary N) is 1. The number of anilines is 1. The van der Waals surface area contributed by atoms with Crippen LogP contribution in [0.2, 0.25) is 0 Å². The molecule has 242 valence electrons. The van der Waals surface area contributed by atoms with E-state index in [-0.39, 0.29) is 5.54 Å². The third kappa shape index (κ3) is 5.63. The largest absolute Gasteiger partial charge is 0.456 e. The highest BCUT2D eigenvalue weighted by atomic mass is 16.3. The number of hydrogen-bond donors (Lipinski definition) is 1. The molecule has 8 aromatic rings. The fraction of sp³-hybridized carbons (Fsp3) is 0.156. The van der Waals surface area contributed by atoms with Crippen molar-refractivity contribution in [3.8, 4) is 11.1 Å². The minimum atomic E-state index is -0.0178. The Morgan fingerprint density at radius 2 is 1.29 bits per heavy atom. The molecule has 5 aromatic carbocycles. The lowest BCUT2D eigenvalue weighted by Gasteiger charge is -2.24. The standard InChI is InChI=1S/C45H40N2O2/c1-29(27-44-37(36-15-8-11-19-43(36)49-44)16-12-20-41-30(2)34-13-7-10-18-42(34)48-41)46-33-24-21-31(22-25-33)32-23-26-40-38(28-32)35-14-6-9-17-39(35)47(40)45(3,4)5/h6-15,17-28,46H,16H2,1-5H3/b20-12-,29-27-. The van der Waals surface area contributed by atoms with Crippen LogP contribution in [0.15, 0.2) is 136 Å². The maximum absolute atomic E-state index is 6.37. The summed E-state index contributed by atoms with van der Waals surface area (Å²) in [6.07, 6.45) is 7.07. The van der Waals surface area contributed by atoms with Crippen molar-refractivity contribution in [3.63, 3.8) is 0 Å². The summed E-state index contributed by atoms with van der Waals surface area (Å²) in [5, 5.41) is 8.44. The highest BCUT2D eigenvalue weighted by molar-refractivity contribution is 6.09. The Morgan fingerprint density at radius 1 is 0.673 bits per heavy atom. The molecule has 0 atom stereocenters. The Bertz CT molecular complexity index is 2550. The van der Waals surface area contributed by atoms with E-state index in [1.807, 2.05) is 30.3 Å². The number of para-hydroxylation sites is 3. The highest BCUT2D eigenvalue weighted by Gasteiger charge is 2.20. The van der Waals surface area contributed by atoms with Crippen LogP contribution in [0.25, 0.3) is 67.0 Å². The average molecular weight is 641 g/mol. The van der Waals surface area contributed by atoms with Gasteiger partial charge in [0.2, 0.25) is 0 Å². The van der Waals surface area contributed by atoms with Crippen molar-refractivity contribution in [1.82, 2.24) is 4.57 Å². The van der Waals surface area contributed by atoms with Gasteiger partial charge in [0.25, 0.3) is 0 Å². The number of allylic oxidation sites excluding steroid dienone is 2. The van der Waals surface area contributed by atoms with E-state index in [1.165, 1.54) is 32.9 Å². The first kappa shape index (κ1) is 30.6. The van der Waals surface area contributed by atoms with Gasteiger partial charge in [-0.1, -0.05) is 78.9 Å². The van der Waals surface area contributed by atoms with Gasteiger partial charge in [-0.25, -0.2) is 0 Å². The van der Waals surface area contributed by atoms with Gasteiger partial charge >= 0.3 is 0 Å². The summed E-state index contributed by atoms with van der Waals surface area (Å²) in [4.78, 5) is 0. The molecule has 0 bridgehead atoms. The Balaban J connectivity index is 1.04. The lowest BCUT2D eigenvalue weighted by Crippen LogP contribution is -2.21. The minimum absolute atomic E-state index is 0.0178. The van der Waals surface area contributed by atoms with E-state index in [0.717, 1.165) is 62.4 Å². The highest BCUT2D eigenvalue weighted by Crippen LogP contribution is 2.37. The van der Waals surface area contributed by atoms with E-state index in [4.69, 9.17) is 8.83 Å². The maximum atomic E-state index is 6.37. The second-order valence-electron chi connectivity index (χ2n) is 13.9. The third-order valence-corrected chi connectivity index (χ3v) is 9.45. The Hall–Kier alpha value is -5.74. The topological polar surface area (TPSA) is 43.2 Å². The first-order valence-electron chi connectivity index (χ1n) is 17.0. The molecule has 8 rings (SSSR count). The Labute approximate surface area is 287 Å². The quantitative estimate of drug-likeness (QED) is 0.188. The first-order valence-corrected chi connectivity index (χ1v) is 17.0. The molecule has 49 heavy (non-hydrogen) atoms. The van der Waals surface area contributed by atoms with Gasteiger partial charge in [-0.3, -0.25) is 0 Å². The molecule has 0 saturated heterocycles. The summed E-state index contributed by atoms with van der Waals surface area (Å²) in [5.74, 6) is 1.75. The van der Waals surface area contributed by atoms with Crippen molar-refractivity contribution >= 4 is 61.6 Å². The van der Waals surface area contributed by atoms with Gasteiger partial charge in [-0.05, 0) is 101 Å². The van der Waals surface area contributed by atoms with E-state index in [0.29, 0.717) is 0 Å². The lowest BCUT2D eigenvalue weighted by atomic mass is 10.0. The van der Waals surface area contributed by atoms with Crippen LogP contribution in [0.5, 0.6) is 0 Å². The van der Waals surface area contributed by atoms with Crippen LogP contribution in [0, 0.1) is 6.92 Å². The molecule has 4 heteroatoms. The molecule has 3 aromatic heterocycles. The number of benzene rings is 5. The number of hydrogen-bond acceptors (Lipinski definition) is 3. The number of aromatic nitrogens is 1. The van der Waals surface area contributed by atoms with Gasteiger partial charge in [0.1, 0.15) is 22.7 Å². The summed E-state index contributed by atoms with van der Waals surface area (Å²) >= 11 is 0. The van der Waals surface area contributed by atoms with Crippen molar-refractivity contribution in [2.75, 3.05) is 5.32 Å². The number of aryl methyl sites for hydroxylation is 1. The van der Waals surface area contributed by atoms with Gasteiger partial charge in [0, 0.05) is 66.7 Å². The number of fused-ring (bicyclic) bond motifs is 5. The molecule has 0 fully saturated rings. The fourth-order valence-electron chi connectivity index (χ4n) is 7.16. The molecule has 0 spiro atoms.